The van der Waals surface area contributed by atoms with E-state index in [1.165, 1.54) is 17.0 Å². The number of rotatable bonds is 4. The lowest BCUT2D eigenvalue weighted by Crippen LogP contribution is -2.39. The van der Waals surface area contributed by atoms with Gasteiger partial charge in [0.2, 0.25) is 0 Å². The SMILES string of the molecule is CNc1cnc2ccccc2c1N1C(=O)N(c2ccc(OC(F)(F)F)cc2)C(=O)C12CC2C. The lowest BCUT2D eigenvalue weighted by Gasteiger charge is -2.26. The van der Waals surface area contributed by atoms with E-state index in [1.807, 2.05) is 31.2 Å². The molecule has 1 N–H and O–H groups in total. The number of aromatic nitrogens is 1. The van der Waals surface area contributed by atoms with Crippen LogP contribution < -0.4 is 19.9 Å². The van der Waals surface area contributed by atoms with Crippen molar-refractivity contribution >= 4 is 39.9 Å². The van der Waals surface area contributed by atoms with E-state index < -0.39 is 29.6 Å². The molecule has 1 aliphatic heterocycles. The number of fused-ring (bicyclic) bond motifs is 1. The van der Waals surface area contributed by atoms with Crippen LogP contribution in [-0.2, 0) is 4.79 Å². The first-order chi connectivity index (χ1) is 15.7. The fourth-order valence-electron chi connectivity index (χ4n) is 4.53. The molecule has 1 spiro atoms. The number of alkyl halides is 3. The van der Waals surface area contributed by atoms with Crippen molar-refractivity contribution < 1.29 is 27.5 Å². The third-order valence-electron chi connectivity index (χ3n) is 6.20. The van der Waals surface area contributed by atoms with Gasteiger partial charge < -0.3 is 10.1 Å². The van der Waals surface area contributed by atoms with Gasteiger partial charge in [0.05, 0.1) is 28.8 Å². The number of ether oxygens (including phenoxy) is 1. The van der Waals surface area contributed by atoms with Crippen LogP contribution >= 0.6 is 0 Å². The zero-order chi connectivity index (χ0) is 23.5. The summed E-state index contributed by atoms with van der Waals surface area (Å²) >= 11 is 0. The molecule has 33 heavy (non-hydrogen) atoms. The topological polar surface area (TPSA) is 74.8 Å². The lowest BCUT2D eigenvalue weighted by molar-refractivity contribution is -0.274. The number of pyridine rings is 1. The average Bonchev–Trinajstić information content (AvgIpc) is 3.39. The first kappa shape index (κ1) is 21.0. The maximum absolute atomic E-state index is 13.7. The Balaban J connectivity index is 1.61. The Hall–Kier alpha value is -3.82. The Labute approximate surface area is 186 Å². The van der Waals surface area contributed by atoms with Crippen molar-refractivity contribution in [1.29, 1.82) is 0 Å². The summed E-state index contributed by atoms with van der Waals surface area (Å²) in [6.07, 6.45) is -2.75. The number of benzene rings is 2. The number of amides is 3. The largest absolute Gasteiger partial charge is 0.573 e. The van der Waals surface area contributed by atoms with Gasteiger partial charge in [0.15, 0.2) is 0 Å². The smallest absolute Gasteiger partial charge is 0.406 e. The standard InChI is InChI=1S/C23H19F3N4O3/c1-13-11-22(13)20(31)29(14-7-9-15(10-8-14)33-23(24,25)26)21(32)30(22)19-16-5-3-4-6-17(16)28-12-18(19)27-2/h3-10,12-13,27H,11H2,1-2H3. The summed E-state index contributed by atoms with van der Waals surface area (Å²) in [5.41, 5.74) is 0.912. The molecule has 3 aromatic rings. The predicted octanol–water partition coefficient (Wildman–Crippen LogP) is 4.93. The van der Waals surface area contributed by atoms with Gasteiger partial charge in [0.25, 0.3) is 5.91 Å². The summed E-state index contributed by atoms with van der Waals surface area (Å²) in [7, 11) is 1.71. The number of hydrogen-bond donors (Lipinski definition) is 1. The third kappa shape index (κ3) is 3.16. The summed E-state index contributed by atoms with van der Waals surface area (Å²) in [6.45, 7) is 1.89. The Kier molecular flexibility index (Phi) is 4.52. The van der Waals surface area contributed by atoms with Crippen molar-refractivity contribution in [2.45, 2.75) is 25.2 Å². The Bertz CT molecular complexity index is 1280. The number of imide groups is 1. The van der Waals surface area contributed by atoms with Gasteiger partial charge in [0, 0.05) is 12.4 Å². The van der Waals surface area contributed by atoms with Crippen molar-refractivity contribution in [3.05, 3.63) is 54.7 Å². The highest BCUT2D eigenvalue weighted by Crippen LogP contribution is 2.57. The van der Waals surface area contributed by atoms with Crippen LogP contribution in [0.15, 0.2) is 54.7 Å². The Morgan fingerprint density at radius 3 is 2.39 bits per heavy atom. The van der Waals surface area contributed by atoms with Gasteiger partial charge in [-0.2, -0.15) is 0 Å². The molecule has 2 fully saturated rings. The molecule has 7 nitrogen and oxygen atoms in total. The van der Waals surface area contributed by atoms with Crippen LogP contribution in [0.25, 0.3) is 10.9 Å². The summed E-state index contributed by atoms with van der Waals surface area (Å²) in [4.78, 5) is 34.2. The minimum Gasteiger partial charge on any atom is -0.406 e. The first-order valence-electron chi connectivity index (χ1n) is 10.3. The first-order valence-corrected chi connectivity index (χ1v) is 10.3. The zero-order valence-corrected chi connectivity index (χ0v) is 17.7. The molecule has 2 atom stereocenters. The lowest BCUT2D eigenvalue weighted by atomic mass is 10.1. The molecule has 0 radical (unpaired) electrons. The van der Waals surface area contributed by atoms with Crippen LogP contribution in [0, 0.1) is 5.92 Å². The molecule has 1 aromatic heterocycles. The number of urea groups is 1. The second-order valence-electron chi connectivity index (χ2n) is 8.12. The van der Waals surface area contributed by atoms with E-state index in [-0.39, 0.29) is 11.6 Å². The molecule has 2 aromatic carbocycles. The molecule has 3 amide bonds. The van der Waals surface area contributed by atoms with E-state index in [1.54, 1.807) is 13.2 Å². The molecule has 170 valence electrons. The second kappa shape index (κ2) is 7.09. The number of carbonyl (C=O) groups is 2. The van der Waals surface area contributed by atoms with E-state index in [9.17, 15) is 22.8 Å². The van der Waals surface area contributed by atoms with Gasteiger partial charge in [-0.15, -0.1) is 13.2 Å². The Morgan fingerprint density at radius 2 is 1.79 bits per heavy atom. The van der Waals surface area contributed by atoms with Crippen LogP contribution in [0.2, 0.25) is 0 Å². The number of anilines is 3. The number of halogens is 3. The Morgan fingerprint density at radius 1 is 1.12 bits per heavy atom. The van der Waals surface area contributed by atoms with Crippen LogP contribution in [0.4, 0.5) is 35.0 Å². The molecular weight excluding hydrogens is 437 g/mol. The normalized spacial score (nSPS) is 22.4. The highest BCUT2D eigenvalue weighted by Gasteiger charge is 2.71. The van der Waals surface area contributed by atoms with Crippen LogP contribution in [0.5, 0.6) is 5.75 Å². The van der Waals surface area contributed by atoms with Gasteiger partial charge in [-0.3, -0.25) is 14.7 Å². The highest BCUT2D eigenvalue weighted by atomic mass is 19.4. The van der Waals surface area contributed by atoms with Crippen molar-refractivity contribution in [3.63, 3.8) is 0 Å². The van der Waals surface area contributed by atoms with Crippen LogP contribution in [-0.4, -0.2) is 35.9 Å². The second-order valence-corrected chi connectivity index (χ2v) is 8.12. The molecule has 2 heterocycles. The molecule has 2 unspecified atom stereocenters. The number of nitrogens with zero attached hydrogens (tertiary/aromatic N) is 3. The minimum atomic E-state index is -4.84. The molecule has 2 aliphatic rings. The van der Waals surface area contributed by atoms with E-state index in [2.05, 4.69) is 15.0 Å². The number of carbonyl (C=O) groups excluding carboxylic acids is 2. The fraction of sp³-hybridized carbons (Fsp3) is 0.261. The highest BCUT2D eigenvalue weighted by molar-refractivity contribution is 6.33. The number of hydrogen-bond acceptors (Lipinski definition) is 5. The predicted molar refractivity (Wildman–Crippen MR) is 116 cm³/mol. The van der Waals surface area contributed by atoms with Crippen molar-refractivity contribution in [2.24, 2.45) is 5.92 Å². The van der Waals surface area contributed by atoms with E-state index >= 15 is 0 Å². The van der Waals surface area contributed by atoms with Crippen molar-refractivity contribution in [1.82, 2.24) is 4.98 Å². The zero-order valence-electron chi connectivity index (χ0n) is 17.7. The van der Waals surface area contributed by atoms with E-state index in [0.717, 1.165) is 17.0 Å². The maximum Gasteiger partial charge on any atom is 0.573 e. The maximum atomic E-state index is 13.7. The molecule has 0 bridgehead atoms. The van der Waals surface area contributed by atoms with Gasteiger partial charge >= 0.3 is 12.4 Å². The quantitative estimate of drug-likeness (QED) is 0.564. The molecule has 1 saturated carbocycles. The van der Waals surface area contributed by atoms with E-state index in [4.69, 9.17) is 0 Å². The molecule has 10 heteroatoms. The van der Waals surface area contributed by atoms with Gasteiger partial charge in [-0.1, -0.05) is 25.1 Å². The summed E-state index contributed by atoms with van der Waals surface area (Å²) in [5, 5.41) is 3.76. The third-order valence-corrected chi connectivity index (χ3v) is 6.20. The molecule has 5 rings (SSSR count). The minimum absolute atomic E-state index is 0.0941. The summed E-state index contributed by atoms with van der Waals surface area (Å²) < 4.78 is 41.4. The monoisotopic (exact) mass is 456 g/mol. The van der Waals surface area contributed by atoms with Crippen molar-refractivity contribution in [3.8, 4) is 5.75 Å². The summed E-state index contributed by atoms with van der Waals surface area (Å²) in [5.74, 6) is -0.940. The van der Waals surface area contributed by atoms with Crippen LogP contribution in [0.1, 0.15) is 13.3 Å². The number of para-hydroxylation sites is 1. The molecule has 1 saturated heterocycles. The summed E-state index contributed by atoms with van der Waals surface area (Å²) in [6, 6.07) is 11.4. The van der Waals surface area contributed by atoms with Gasteiger partial charge in [-0.05, 0) is 42.7 Å². The van der Waals surface area contributed by atoms with Gasteiger partial charge in [0.1, 0.15) is 11.3 Å². The van der Waals surface area contributed by atoms with Crippen LogP contribution in [0.3, 0.4) is 0 Å². The average molecular weight is 456 g/mol. The van der Waals surface area contributed by atoms with Crippen molar-refractivity contribution in [2.75, 3.05) is 22.2 Å². The fourth-order valence-corrected chi connectivity index (χ4v) is 4.53. The number of nitrogens with one attached hydrogen (secondary N) is 1. The molecule has 1 aliphatic carbocycles. The van der Waals surface area contributed by atoms with Gasteiger partial charge in [-0.25, -0.2) is 9.69 Å². The molecular formula is C23H19F3N4O3. The van der Waals surface area contributed by atoms with E-state index in [0.29, 0.717) is 28.7 Å².